The van der Waals surface area contributed by atoms with Crippen LogP contribution in [0.4, 0.5) is 18.9 Å². The number of alkyl halides is 3. The van der Waals surface area contributed by atoms with E-state index in [9.17, 15) is 13.2 Å². The lowest BCUT2D eigenvalue weighted by Crippen LogP contribution is -2.10. The number of hydrogen-bond acceptors (Lipinski definition) is 3. The van der Waals surface area contributed by atoms with E-state index in [0.717, 1.165) is 0 Å². The van der Waals surface area contributed by atoms with E-state index < -0.39 is 12.6 Å². The molecule has 1 heterocycles. The van der Waals surface area contributed by atoms with Crippen molar-refractivity contribution in [2.24, 2.45) is 0 Å². The molecule has 18 heavy (non-hydrogen) atoms. The second-order valence-electron chi connectivity index (χ2n) is 3.89. The van der Waals surface area contributed by atoms with Gasteiger partial charge in [-0.3, -0.25) is 0 Å². The average molecular weight is 259 g/mol. The van der Waals surface area contributed by atoms with Crippen LogP contribution in [0.5, 0.6) is 6.01 Å². The van der Waals surface area contributed by atoms with Gasteiger partial charge in [-0.05, 0) is 24.6 Å². The summed E-state index contributed by atoms with van der Waals surface area (Å²) in [6.45, 7) is -0.0329. The molecule has 4 nitrogen and oxygen atoms in total. The van der Waals surface area contributed by atoms with Crippen LogP contribution in [0.15, 0.2) is 18.2 Å². The molecule has 0 fully saturated rings. The van der Waals surface area contributed by atoms with Gasteiger partial charge in [0.25, 0.3) is 6.01 Å². The Morgan fingerprint density at radius 3 is 2.83 bits per heavy atom. The third-order valence-corrected chi connectivity index (χ3v) is 2.33. The van der Waals surface area contributed by atoms with Crippen LogP contribution in [0, 0.1) is 0 Å². The van der Waals surface area contributed by atoms with Crippen LogP contribution in [0.3, 0.4) is 0 Å². The first-order valence-corrected chi connectivity index (χ1v) is 5.39. The van der Waals surface area contributed by atoms with E-state index in [1.54, 1.807) is 18.2 Å². The molecule has 98 valence electrons. The maximum Gasteiger partial charge on any atom is 0.389 e. The molecular formula is C11H12F3N3O. The molecule has 0 saturated carbocycles. The third-order valence-electron chi connectivity index (χ3n) is 2.33. The fourth-order valence-electron chi connectivity index (χ4n) is 1.51. The quantitative estimate of drug-likeness (QED) is 0.655. The molecule has 7 heteroatoms. The van der Waals surface area contributed by atoms with Crippen molar-refractivity contribution in [3.63, 3.8) is 0 Å². The highest BCUT2D eigenvalue weighted by Gasteiger charge is 2.26. The van der Waals surface area contributed by atoms with Crippen molar-refractivity contribution in [3.05, 3.63) is 18.2 Å². The smallest absolute Gasteiger partial charge is 0.389 e. The van der Waals surface area contributed by atoms with Crippen LogP contribution < -0.4 is 10.5 Å². The number of H-pyrrole nitrogens is 1. The Morgan fingerprint density at radius 2 is 2.11 bits per heavy atom. The number of nitrogens with one attached hydrogen (secondary N) is 1. The van der Waals surface area contributed by atoms with Crippen molar-refractivity contribution < 1.29 is 17.9 Å². The molecule has 2 rings (SSSR count). The van der Waals surface area contributed by atoms with Crippen molar-refractivity contribution >= 4 is 16.7 Å². The first-order chi connectivity index (χ1) is 8.44. The van der Waals surface area contributed by atoms with Crippen molar-refractivity contribution in [1.82, 2.24) is 9.97 Å². The zero-order chi connectivity index (χ0) is 13.2. The van der Waals surface area contributed by atoms with Gasteiger partial charge < -0.3 is 15.5 Å². The summed E-state index contributed by atoms with van der Waals surface area (Å²) in [6, 6.07) is 5.29. The molecule has 0 spiro atoms. The second-order valence-corrected chi connectivity index (χ2v) is 3.89. The maximum absolute atomic E-state index is 11.9. The predicted octanol–water partition coefficient (Wildman–Crippen LogP) is 2.87. The molecule has 0 aliphatic carbocycles. The van der Waals surface area contributed by atoms with E-state index in [1.165, 1.54) is 0 Å². The van der Waals surface area contributed by atoms with Gasteiger partial charge in [0, 0.05) is 12.1 Å². The van der Waals surface area contributed by atoms with Gasteiger partial charge in [0.1, 0.15) is 0 Å². The van der Waals surface area contributed by atoms with Crippen LogP contribution in [0.2, 0.25) is 0 Å². The summed E-state index contributed by atoms with van der Waals surface area (Å²) in [5.41, 5.74) is 7.52. The molecule has 0 aliphatic rings. The number of fused-ring (bicyclic) bond motifs is 1. The SMILES string of the molecule is Nc1ccc2nc(OCCCC(F)(F)F)[nH]c2c1. The first-order valence-electron chi connectivity index (χ1n) is 5.39. The summed E-state index contributed by atoms with van der Waals surface area (Å²) in [7, 11) is 0. The minimum atomic E-state index is -4.15. The van der Waals surface area contributed by atoms with Gasteiger partial charge in [0.2, 0.25) is 0 Å². The summed E-state index contributed by atoms with van der Waals surface area (Å²) < 4.78 is 40.8. The Morgan fingerprint density at radius 1 is 1.33 bits per heavy atom. The lowest BCUT2D eigenvalue weighted by molar-refractivity contribution is -0.136. The topological polar surface area (TPSA) is 63.9 Å². The number of nitrogen functional groups attached to an aromatic ring is 1. The largest absolute Gasteiger partial charge is 0.465 e. The van der Waals surface area contributed by atoms with E-state index in [-0.39, 0.29) is 19.0 Å². The number of nitrogens with zero attached hydrogens (tertiary/aromatic N) is 1. The van der Waals surface area contributed by atoms with Crippen molar-refractivity contribution in [3.8, 4) is 6.01 Å². The van der Waals surface area contributed by atoms with Gasteiger partial charge in [-0.2, -0.15) is 18.2 Å². The predicted molar refractivity (Wildman–Crippen MR) is 61.3 cm³/mol. The molecule has 3 N–H and O–H groups in total. The zero-order valence-electron chi connectivity index (χ0n) is 9.42. The standard InChI is InChI=1S/C11H12F3N3O/c12-11(13,14)4-1-5-18-10-16-8-3-2-7(15)6-9(8)17-10/h2-3,6H,1,4-5,15H2,(H,16,17). The van der Waals surface area contributed by atoms with Crippen LogP contribution >= 0.6 is 0 Å². The van der Waals surface area contributed by atoms with Gasteiger partial charge in [-0.15, -0.1) is 0 Å². The first kappa shape index (κ1) is 12.5. The highest BCUT2D eigenvalue weighted by molar-refractivity contribution is 5.79. The number of anilines is 1. The van der Waals surface area contributed by atoms with Crippen LogP contribution in [-0.4, -0.2) is 22.8 Å². The summed E-state index contributed by atoms with van der Waals surface area (Å²) >= 11 is 0. The molecule has 0 unspecified atom stereocenters. The van der Waals surface area contributed by atoms with E-state index >= 15 is 0 Å². The summed E-state index contributed by atoms with van der Waals surface area (Å²) in [4.78, 5) is 6.91. The average Bonchev–Trinajstić information content (AvgIpc) is 2.65. The molecule has 0 aliphatic heterocycles. The van der Waals surface area contributed by atoms with E-state index in [4.69, 9.17) is 10.5 Å². The Labute approximate surface area is 101 Å². The molecule has 0 amide bonds. The fraction of sp³-hybridized carbons (Fsp3) is 0.364. The van der Waals surface area contributed by atoms with Gasteiger partial charge in [0.05, 0.1) is 17.6 Å². The van der Waals surface area contributed by atoms with Crippen molar-refractivity contribution in [1.29, 1.82) is 0 Å². The number of aromatic nitrogens is 2. The van der Waals surface area contributed by atoms with Gasteiger partial charge in [-0.1, -0.05) is 0 Å². The van der Waals surface area contributed by atoms with Crippen LogP contribution in [0.25, 0.3) is 11.0 Å². The number of benzene rings is 1. The maximum atomic E-state index is 11.9. The lowest BCUT2D eigenvalue weighted by Gasteiger charge is -2.05. The number of rotatable bonds is 4. The minimum Gasteiger partial charge on any atom is -0.465 e. The van der Waals surface area contributed by atoms with E-state index in [0.29, 0.717) is 16.7 Å². The normalized spacial score (nSPS) is 11.9. The molecule has 1 aromatic carbocycles. The summed E-state index contributed by atoms with van der Waals surface area (Å²) in [5.74, 6) is 0. The Kier molecular flexibility index (Phi) is 3.31. The molecule has 0 atom stereocenters. The molecule has 2 aromatic rings. The fourth-order valence-corrected chi connectivity index (χ4v) is 1.51. The van der Waals surface area contributed by atoms with Crippen molar-refractivity contribution in [2.45, 2.75) is 19.0 Å². The summed E-state index contributed by atoms with van der Waals surface area (Å²) in [6.07, 6.45) is -5.10. The highest BCUT2D eigenvalue weighted by Crippen LogP contribution is 2.22. The number of nitrogens with two attached hydrogens (primary N) is 1. The third kappa shape index (κ3) is 3.28. The highest BCUT2D eigenvalue weighted by atomic mass is 19.4. The van der Waals surface area contributed by atoms with Gasteiger partial charge >= 0.3 is 6.18 Å². The zero-order valence-corrected chi connectivity index (χ0v) is 9.42. The Hall–Kier alpha value is -1.92. The number of aromatic amines is 1. The number of ether oxygens (including phenoxy) is 1. The Bertz CT molecular complexity index is 536. The lowest BCUT2D eigenvalue weighted by atomic mass is 10.3. The molecular weight excluding hydrogens is 247 g/mol. The molecule has 0 saturated heterocycles. The minimum absolute atomic E-state index is 0.0329. The molecule has 1 aromatic heterocycles. The number of halogens is 3. The van der Waals surface area contributed by atoms with E-state index in [1.807, 2.05) is 0 Å². The van der Waals surface area contributed by atoms with E-state index in [2.05, 4.69) is 9.97 Å². The summed E-state index contributed by atoms with van der Waals surface area (Å²) in [5, 5.41) is 0. The number of imidazole rings is 1. The molecule has 0 radical (unpaired) electrons. The van der Waals surface area contributed by atoms with Gasteiger partial charge in [-0.25, -0.2) is 0 Å². The molecule has 0 bridgehead atoms. The van der Waals surface area contributed by atoms with Crippen LogP contribution in [-0.2, 0) is 0 Å². The van der Waals surface area contributed by atoms with Crippen LogP contribution in [0.1, 0.15) is 12.8 Å². The van der Waals surface area contributed by atoms with Gasteiger partial charge in [0.15, 0.2) is 0 Å². The number of hydrogen-bond donors (Lipinski definition) is 2. The second kappa shape index (κ2) is 4.75. The Balaban J connectivity index is 1.92. The van der Waals surface area contributed by atoms with Crippen molar-refractivity contribution in [2.75, 3.05) is 12.3 Å². The monoisotopic (exact) mass is 259 g/mol.